The molecule has 38 heavy (non-hydrogen) atoms. The van der Waals surface area contributed by atoms with E-state index in [4.69, 9.17) is 15.7 Å². The molecule has 0 aliphatic carbocycles. The fourth-order valence-electron chi connectivity index (χ4n) is 3.52. The van der Waals surface area contributed by atoms with Gasteiger partial charge in [0.15, 0.2) is 23.2 Å². The molecule has 0 spiro atoms. The number of rotatable bonds is 10. The number of hydrogen-bond donors (Lipinski definition) is 3. The summed E-state index contributed by atoms with van der Waals surface area (Å²) in [4.78, 5) is 60.1. The maximum atomic E-state index is 13.1. The first-order valence-corrected chi connectivity index (χ1v) is 13.9. The number of amides is 2. The van der Waals surface area contributed by atoms with Crippen LogP contribution in [0.3, 0.4) is 0 Å². The fourth-order valence-corrected chi connectivity index (χ4v) is 6.44. The number of carbonyl (C=O) groups excluding carboxylic acids is 3. The molecule has 2 aliphatic rings. The zero-order valence-electron chi connectivity index (χ0n) is 20.0. The fraction of sp³-hybridized carbons (Fsp3) is 0.318. The lowest BCUT2D eigenvalue weighted by Gasteiger charge is -2.50. The van der Waals surface area contributed by atoms with E-state index in [1.165, 1.54) is 35.8 Å². The van der Waals surface area contributed by atoms with Crippen LogP contribution in [-0.4, -0.2) is 73.5 Å². The van der Waals surface area contributed by atoms with Gasteiger partial charge in [-0.15, -0.1) is 34.9 Å². The Morgan fingerprint density at radius 2 is 2.13 bits per heavy atom. The number of anilines is 1. The lowest BCUT2D eigenvalue weighted by atomic mass is 10.0. The minimum atomic E-state index is -1.47. The number of thiazole rings is 1. The Morgan fingerprint density at radius 1 is 1.42 bits per heavy atom. The van der Waals surface area contributed by atoms with Crippen molar-refractivity contribution in [1.82, 2.24) is 15.2 Å². The first-order chi connectivity index (χ1) is 18.1. The highest BCUT2D eigenvalue weighted by Gasteiger charge is 2.53. The van der Waals surface area contributed by atoms with Gasteiger partial charge in [-0.25, -0.2) is 14.3 Å². The van der Waals surface area contributed by atoms with Crippen LogP contribution in [-0.2, 0) is 31.1 Å². The van der Waals surface area contributed by atoms with E-state index < -0.39 is 41.3 Å². The molecule has 4 N–H and O–H groups in total. The number of carbonyl (C=O) groups is 4. The van der Waals surface area contributed by atoms with Crippen molar-refractivity contribution in [2.24, 2.45) is 12.2 Å². The van der Waals surface area contributed by atoms with Gasteiger partial charge in [0.05, 0.1) is 11.7 Å². The summed E-state index contributed by atoms with van der Waals surface area (Å²) < 4.78 is 1.88. The van der Waals surface area contributed by atoms with E-state index >= 15 is 0 Å². The maximum absolute atomic E-state index is 13.1. The number of aliphatic carboxylic acids is 2. The average molecular weight is 579 g/mol. The molecule has 2 amide bonds. The zero-order chi connectivity index (χ0) is 27.6. The van der Waals surface area contributed by atoms with E-state index in [-0.39, 0.29) is 22.2 Å². The van der Waals surface area contributed by atoms with Crippen molar-refractivity contribution in [3.8, 4) is 0 Å². The summed E-state index contributed by atoms with van der Waals surface area (Å²) in [5, 5.41) is 28.1. The van der Waals surface area contributed by atoms with Gasteiger partial charge < -0.3 is 30.9 Å². The molecular weight excluding hydrogens is 556 g/mol. The van der Waals surface area contributed by atoms with Crippen LogP contribution >= 0.6 is 34.9 Å². The van der Waals surface area contributed by atoms with Gasteiger partial charge in [-0.05, 0) is 12.5 Å². The Morgan fingerprint density at radius 3 is 2.74 bits per heavy atom. The summed E-state index contributed by atoms with van der Waals surface area (Å²) in [6, 6.07) is 2.75. The summed E-state index contributed by atoms with van der Waals surface area (Å²) in [6.45, 7) is 1.23. The standard InChI is InChI=1S/C22H22N6O7S3/c1-10(20(31)32)35-26-14(13-9-38-22(23)24-13)17(29)25-15-18(30)28-16(21(33)34)11(8-37-19(15)28)7-36-12-3-5-27(2)6-4-12/h3-6,9-10,15,19H,7-8H2,1-2H3,(H4-,23,24,25,29,31,32,33,34)/b26-14+. The third-order valence-corrected chi connectivity index (χ3v) is 8.63. The molecule has 0 saturated carbocycles. The molecule has 2 aromatic heterocycles. The van der Waals surface area contributed by atoms with E-state index in [0.717, 1.165) is 21.1 Å². The predicted molar refractivity (Wildman–Crippen MR) is 137 cm³/mol. The van der Waals surface area contributed by atoms with Crippen molar-refractivity contribution in [1.29, 1.82) is 0 Å². The second-order valence-corrected chi connectivity index (χ2v) is 11.2. The van der Waals surface area contributed by atoms with Crippen LogP contribution in [0.25, 0.3) is 0 Å². The summed E-state index contributed by atoms with van der Waals surface area (Å²) in [7, 11) is 1.89. The van der Waals surface area contributed by atoms with E-state index in [1.54, 1.807) is 0 Å². The number of carboxylic acids is 2. The second-order valence-electron chi connectivity index (χ2n) is 8.19. The van der Waals surface area contributed by atoms with Gasteiger partial charge in [-0.3, -0.25) is 14.5 Å². The molecule has 2 aromatic rings. The topological polar surface area (TPSA) is 191 Å². The number of β-lactam (4-membered cyclic amide) rings is 1. The molecule has 0 aromatic carbocycles. The van der Waals surface area contributed by atoms with Crippen LogP contribution in [0.15, 0.2) is 51.2 Å². The first-order valence-electron chi connectivity index (χ1n) is 11.0. The van der Waals surface area contributed by atoms with E-state index in [0.29, 0.717) is 17.1 Å². The van der Waals surface area contributed by atoms with Gasteiger partial charge in [0.2, 0.25) is 6.10 Å². The number of pyridine rings is 1. The van der Waals surface area contributed by atoms with Crippen molar-refractivity contribution >= 4 is 69.5 Å². The van der Waals surface area contributed by atoms with Crippen molar-refractivity contribution in [3.63, 3.8) is 0 Å². The molecule has 3 atom stereocenters. The lowest BCUT2D eigenvalue weighted by Crippen LogP contribution is -2.71. The van der Waals surface area contributed by atoms with Crippen molar-refractivity contribution < 1.29 is 38.8 Å². The largest absolute Gasteiger partial charge is 0.543 e. The Labute approximate surface area is 228 Å². The van der Waals surface area contributed by atoms with Crippen LogP contribution in [0.5, 0.6) is 0 Å². The first kappa shape index (κ1) is 27.4. The molecule has 4 heterocycles. The number of nitrogens with two attached hydrogens (primary N) is 1. The summed E-state index contributed by atoms with van der Waals surface area (Å²) in [5.41, 5.74) is 5.65. The Balaban J connectivity index is 1.50. The Hall–Kier alpha value is -3.63. The monoisotopic (exact) mass is 578 g/mol. The van der Waals surface area contributed by atoms with Crippen LogP contribution in [0.1, 0.15) is 12.6 Å². The minimum absolute atomic E-state index is 0.0339. The smallest absolute Gasteiger partial charge is 0.347 e. The van der Waals surface area contributed by atoms with Crippen LogP contribution in [0.2, 0.25) is 0 Å². The number of nitrogens with one attached hydrogen (secondary N) is 1. The van der Waals surface area contributed by atoms with Crippen molar-refractivity contribution in [3.05, 3.63) is 46.9 Å². The summed E-state index contributed by atoms with van der Waals surface area (Å²) in [5.74, 6) is -3.59. The normalized spacial score (nSPS) is 19.9. The molecule has 16 heteroatoms. The Kier molecular flexibility index (Phi) is 8.23. The second kappa shape index (κ2) is 11.4. The van der Waals surface area contributed by atoms with Gasteiger partial charge in [0.1, 0.15) is 24.2 Å². The van der Waals surface area contributed by atoms with E-state index in [9.17, 15) is 24.3 Å². The molecule has 1 fully saturated rings. The van der Waals surface area contributed by atoms with Crippen molar-refractivity contribution in [2.45, 2.75) is 29.3 Å². The highest BCUT2D eigenvalue weighted by molar-refractivity contribution is 8.01. The minimum Gasteiger partial charge on any atom is -0.543 e. The van der Waals surface area contributed by atoms with E-state index in [1.807, 2.05) is 36.1 Å². The molecule has 4 rings (SSSR count). The predicted octanol–water partition coefficient (Wildman–Crippen LogP) is -1.06. The molecule has 0 bridgehead atoms. The number of fused-ring (bicyclic) bond motifs is 1. The van der Waals surface area contributed by atoms with Gasteiger partial charge in [0, 0.05) is 33.9 Å². The van der Waals surface area contributed by atoms with Crippen molar-refractivity contribution in [2.75, 3.05) is 17.2 Å². The van der Waals surface area contributed by atoms with Gasteiger partial charge in [-0.1, -0.05) is 5.16 Å². The number of aryl methyl sites for hydroxylation is 1. The molecule has 200 valence electrons. The third-order valence-electron chi connectivity index (χ3n) is 5.52. The number of aromatic nitrogens is 2. The SMILES string of the molecule is CC(O/N=C(/C(=O)NC1C(=O)N2C(C(=O)[O-])=C(CSc3cc[n+](C)cc3)CSC12)c1csc(N)n1)C(=O)O. The Bertz CT molecular complexity index is 1340. The number of hydrogen-bond acceptors (Lipinski definition) is 12. The summed E-state index contributed by atoms with van der Waals surface area (Å²) in [6.07, 6.45) is 2.40. The number of carboxylic acid groups (broad SMARTS) is 2. The quantitative estimate of drug-likeness (QED) is 0.102. The summed E-state index contributed by atoms with van der Waals surface area (Å²) >= 11 is 3.78. The van der Waals surface area contributed by atoms with Crippen LogP contribution in [0, 0.1) is 0 Å². The number of nitrogen functional groups attached to an aromatic ring is 1. The number of oxime groups is 1. The molecule has 2 aliphatic heterocycles. The van der Waals surface area contributed by atoms with Gasteiger partial charge in [-0.2, -0.15) is 0 Å². The van der Waals surface area contributed by atoms with E-state index in [2.05, 4.69) is 15.5 Å². The zero-order valence-corrected chi connectivity index (χ0v) is 22.5. The molecule has 13 nitrogen and oxygen atoms in total. The molecule has 1 saturated heterocycles. The molecule has 3 unspecified atom stereocenters. The molecular formula is C22H22N6O7S3. The number of thioether (sulfide) groups is 2. The third kappa shape index (κ3) is 5.76. The van der Waals surface area contributed by atoms with Crippen LogP contribution in [0.4, 0.5) is 5.13 Å². The number of nitrogens with zero attached hydrogens (tertiary/aromatic N) is 4. The molecule has 0 radical (unpaired) electrons. The average Bonchev–Trinajstić information content (AvgIpc) is 3.31. The lowest BCUT2D eigenvalue weighted by molar-refractivity contribution is -0.671. The highest BCUT2D eigenvalue weighted by atomic mass is 32.2. The van der Waals surface area contributed by atoms with Crippen LogP contribution < -0.4 is 20.7 Å². The highest BCUT2D eigenvalue weighted by Crippen LogP contribution is 2.41. The van der Waals surface area contributed by atoms with Gasteiger partial charge in [0.25, 0.3) is 11.8 Å². The maximum Gasteiger partial charge on any atom is 0.347 e. The van der Waals surface area contributed by atoms with Gasteiger partial charge >= 0.3 is 5.97 Å².